The zero-order chi connectivity index (χ0) is 19.1. The lowest BCUT2D eigenvalue weighted by molar-refractivity contribution is -0.113. The summed E-state index contributed by atoms with van der Waals surface area (Å²) in [7, 11) is 0. The molecule has 0 saturated heterocycles. The highest BCUT2D eigenvalue weighted by molar-refractivity contribution is 7.99. The molecule has 0 atom stereocenters. The van der Waals surface area contributed by atoms with E-state index in [9.17, 15) is 9.59 Å². The highest BCUT2D eigenvalue weighted by Gasteiger charge is 2.11. The van der Waals surface area contributed by atoms with Gasteiger partial charge in [-0.05, 0) is 55.3 Å². The maximum atomic E-state index is 12.1. The van der Waals surface area contributed by atoms with Gasteiger partial charge in [0.05, 0.1) is 17.9 Å². The smallest absolute Gasteiger partial charge is 0.338 e. The number of esters is 1. The van der Waals surface area contributed by atoms with E-state index in [0.29, 0.717) is 33.7 Å². The van der Waals surface area contributed by atoms with Crippen LogP contribution in [-0.2, 0) is 15.3 Å². The predicted octanol–water partition coefficient (Wildman–Crippen LogP) is 5.35. The Hall–Kier alpha value is -1.69. The molecule has 2 rings (SSSR count). The molecule has 0 fully saturated rings. The fourth-order valence-corrected chi connectivity index (χ4v) is 3.61. The van der Waals surface area contributed by atoms with Crippen LogP contribution in [0.2, 0.25) is 10.0 Å². The van der Waals surface area contributed by atoms with Gasteiger partial charge in [0, 0.05) is 21.5 Å². The minimum absolute atomic E-state index is 0.118. The molecule has 4 nitrogen and oxygen atoms in total. The zero-order valence-corrected chi connectivity index (χ0v) is 16.8. The van der Waals surface area contributed by atoms with Gasteiger partial charge in [-0.25, -0.2) is 4.79 Å². The summed E-state index contributed by atoms with van der Waals surface area (Å²) in [6.07, 6.45) is 0. The van der Waals surface area contributed by atoms with Crippen molar-refractivity contribution in [3.05, 3.63) is 63.1 Å². The second-order valence-electron chi connectivity index (χ2n) is 5.53. The van der Waals surface area contributed by atoms with Crippen molar-refractivity contribution in [3.8, 4) is 0 Å². The van der Waals surface area contributed by atoms with Gasteiger partial charge in [0.15, 0.2) is 0 Å². The summed E-state index contributed by atoms with van der Waals surface area (Å²) in [5, 5.41) is 4.03. The standard InChI is InChI=1S/C19H19Cl2NO3S/c1-3-25-19(24)13-5-7-17(12(2)8-13)22-18(23)11-26-10-14-4-6-15(20)9-16(14)21/h4-9H,3,10-11H2,1-2H3,(H,22,23). The molecule has 138 valence electrons. The number of anilines is 1. The first kappa shape index (κ1) is 20.6. The van der Waals surface area contributed by atoms with Crippen LogP contribution in [0, 0.1) is 6.92 Å². The zero-order valence-electron chi connectivity index (χ0n) is 14.5. The second kappa shape index (κ2) is 9.86. The van der Waals surface area contributed by atoms with Crippen LogP contribution in [0.3, 0.4) is 0 Å². The van der Waals surface area contributed by atoms with Crippen molar-refractivity contribution >= 4 is 52.5 Å². The van der Waals surface area contributed by atoms with Crippen molar-refractivity contribution < 1.29 is 14.3 Å². The number of thioether (sulfide) groups is 1. The number of amides is 1. The molecular formula is C19H19Cl2NO3S. The molecule has 0 unspecified atom stereocenters. The Morgan fingerprint density at radius 2 is 1.92 bits per heavy atom. The first-order valence-electron chi connectivity index (χ1n) is 8.00. The highest BCUT2D eigenvalue weighted by Crippen LogP contribution is 2.25. The van der Waals surface area contributed by atoms with Crippen LogP contribution < -0.4 is 5.32 Å². The molecule has 0 aliphatic carbocycles. The Morgan fingerprint density at radius 3 is 2.58 bits per heavy atom. The third kappa shape index (κ3) is 5.94. The van der Waals surface area contributed by atoms with Crippen LogP contribution in [0.15, 0.2) is 36.4 Å². The van der Waals surface area contributed by atoms with Crippen LogP contribution in [0.4, 0.5) is 5.69 Å². The monoisotopic (exact) mass is 411 g/mol. The molecule has 0 aromatic heterocycles. The Balaban J connectivity index is 1.88. The summed E-state index contributed by atoms with van der Waals surface area (Å²) in [4.78, 5) is 23.9. The van der Waals surface area contributed by atoms with Gasteiger partial charge in [-0.2, -0.15) is 0 Å². The number of carbonyl (C=O) groups excluding carboxylic acids is 2. The van der Waals surface area contributed by atoms with Gasteiger partial charge in [-0.15, -0.1) is 11.8 Å². The molecule has 26 heavy (non-hydrogen) atoms. The average Bonchev–Trinajstić information content (AvgIpc) is 2.59. The molecule has 1 N–H and O–H groups in total. The predicted molar refractivity (Wildman–Crippen MR) is 108 cm³/mol. The molecule has 1 amide bonds. The Labute approximate surface area is 167 Å². The molecule has 7 heteroatoms. The molecule has 0 saturated carbocycles. The topological polar surface area (TPSA) is 55.4 Å². The molecule has 0 aliphatic rings. The van der Waals surface area contributed by atoms with Crippen LogP contribution in [-0.4, -0.2) is 24.2 Å². The maximum absolute atomic E-state index is 12.1. The lowest BCUT2D eigenvalue weighted by Crippen LogP contribution is -2.15. The van der Waals surface area contributed by atoms with Gasteiger partial charge in [-0.1, -0.05) is 29.3 Å². The number of hydrogen-bond acceptors (Lipinski definition) is 4. The molecular weight excluding hydrogens is 393 g/mol. The number of nitrogens with one attached hydrogen (secondary N) is 1. The van der Waals surface area contributed by atoms with E-state index < -0.39 is 0 Å². The van der Waals surface area contributed by atoms with E-state index in [1.165, 1.54) is 11.8 Å². The van der Waals surface area contributed by atoms with E-state index in [0.717, 1.165) is 11.1 Å². The van der Waals surface area contributed by atoms with E-state index in [4.69, 9.17) is 27.9 Å². The van der Waals surface area contributed by atoms with Crippen LogP contribution >= 0.6 is 35.0 Å². The average molecular weight is 412 g/mol. The lowest BCUT2D eigenvalue weighted by Gasteiger charge is -2.10. The van der Waals surface area contributed by atoms with Gasteiger partial charge < -0.3 is 10.1 Å². The summed E-state index contributed by atoms with van der Waals surface area (Å²) < 4.78 is 4.97. The second-order valence-corrected chi connectivity index (χ2v) is 7.36. The van der Waals surface area contributed by atoms with Gasteiger partial charge in [0.25, 0.3) is 0 Å². The summed E-state index contributed by atoms with van der Waals surface area (Å²) in [6.45, 7) is 3.92. The third-order valence-electron chi connectivity index (χ3n) is 3.52. The molecule has 0 aliphatic heterocycles. The fourth-order valence-electron chi connectivity index (χ4n) is 2.22. The lowest BCUT2D eigenvalue weighted by atomic mass is 10.1. The van der Waals surface area contributed by atoms with E-state index >= 15 is 0 Å². The molecule has 0 heterocycles. The summed E-state index contributed by atoms with van der Waals surface area (Å²) in [5.74, 6) is 0.415. The third-order valence-corrected chi connectivity index (χ3v) is 5.09. The minimum atomic E-state index is -0.371. The van der Waals surface area contributed by atoms with E-state index in [-0.39, 0.29) is 17.6 Å². The first-order chi connectivity index (χ1) is 12.4. The van der Waals surface area contributed by atoms with Crippen molar-refractivity contribution in [3.63, 3.8) is 0 Å². The number of aryl methyl sites for hydroxylation is 1. The van der Waals surface area contributed by atoms with Gasteiger partial charge in [-0.3, -0.25) is 4.79 Å². The molecule has 0 radical (unpaired) electrons. The summed E-state index contributed by atoms with van der Waals surface area (Å²) >= 11 is 13.5. The van der Waals surface area contributed by atoms with Gasteiger partial charge in [0.2, 0.25) is 5.91 Å². The van der Waals surface area contributed by atoms with Crippen molar-refractivity contribution in [2.75, 3.05) is 17.7 Å². The SMILES string of the molecule is CCOC(=O)c1ccc(NC(=O)CSCc2ccc(Cl)cc2Cl)c(C)c1. The first-order valence-corrected chi connectivity index (χ1v) is 9.91. The van der Waals surface area contributed by atoms with Crippen molar-refractivity contribution in [1.29, 1.82) is 0 Å². The van der Waals surface area contributed by atoms with E-state index in [1.54, 1.807) is 37.3 Å². The van der Waals surface area contributed by atoms with Crippen LogP contribution in [0.25, 0.3) is 0 Å². The quantitative estimate of drug-likeness (QED) is 0.623. The Kier molecular flexibility index (Phi) is 7.82. The van der Waals surface area contributed by atoms with Crippen molar-refractivity contribution in [2.45, 2.75) is 19.6 Å². The number of ether oxygens (including phenoxy) is 1. The molecule has 2 aromatic carbocycles. The Bertz CT molecular complexity index is 811. The van der Waals surface area contributed by atoms with Crippen LogP contribution in [0.5, 0.6) is 0 Å². The van der Waals surface area contributed by atoms with Crippen molar-refractivity contribution in [2.24, 2.45) is 0 Å². The number of hydrogen-bond donors (Lipinski definition) is 1. The number of halogens is 2. The van der Waals surface area contributed by atoms with E-state index in [2.05, 4.69) is 5.32 Å². The fraction of sp³-hybridized carbons (Fsp3) is 0.263. The van der Waals surface area contributed by atoms with Gasteiger partial charge in [0.1, 0.15) is 0 Å². The Morgan fingerprint density at radius 1 is 1.15 bits per heavy atom. The minimum Gasteiger partial charge on any atom is -0.462 e. The number of carbonyl (C=O) groups is 2. The van der Waals surface area contributed by atoms with E-state index in [1.807, 2.05) is 13.0 Å². The molecule has 2 aromatic rings. The molecule has 0 spiro atoms. The summed E-state index contributed by atoms with van der Waals surface area (Å²) in [5.41, 5.74) is 2.88. The van der Waals surface area contributed by atoms with Crippen molar-refractivity contribution in [1.82, 2.24) is 0 Å². The number of benzene rings is 2. The molecule has 0 bridgehead atoms. The maximum Gasteiger partial charge on any atom is 0.338 e. The summed E-state index contributed by atoms with van der Waals surface area (Å²) in [6, 6.07) is 10.4. The largest absolute Gasteiger partial charge is 0.462 e. The van der Waals surface area contributed by atoms with Crippen LogP contribution in [0.1, 0.15) is 28.4 Å². The van der Waals surface area contributed by atoms with Gasteiger partial charge >= 0.3 is 5.97 Å². The number of rotatable bonds is 7. The normalized spacial score (nSPS) is 10.5. The highest BCUT2D eigenvalue weighted by atomic mass is 35.5.